The molecule has 0 unspecified atom stereocenters. The van der Waals surface area contributed by atoms with Gasteiger partial charge in [0.05, 0.1) is 0 Å². The minimum absolute atomic E-state index is 0.0475. The van der Waals surface area contributed by atoms with E-state index in [0.717, 1.165) is 26.4 Å². The maximum Gasteiger partial charge on any atom is 0.194 e. The van der Waals surface area contributed by atoms with E-state index in [-0.39, 0.29) is 5.78 Å². The molecule has 0 saturated heterocycles. The van der Waals surface area contributed by atoms with E-state index in [2.05, 4.69) is 15.9 Å². The summed E-state index contributed by atoms with van der Waals surface area (Å²) in [6, 6.07) is 19.6. The highest BCUT2D eigenvalue weighted by Gasteiger charge is 2.13. The van der Waals surface area contributed by atoms with Crippen LogP contribution in [0.25, 0.3) is 10.8 Å². The average molecular weight is 325 g/mol. The Morgan fingerprint density at radius 3 is 2.45 bits per heavy atom. The lowest BCUT2D eigenvalue weighted by Crippen LogP contribution is -2.03. The van der Waals surface area contributed by atoms with Crippen molar-refractivity contribution >= 4 is 32.5 Å². The van der Waals surface area contributed by atoms with E-state index in [9.17, 15) is 4.79 Å². The summed E-state index contributed by atoms with van der Waals surface area (Å²) in [6.45, 7) is 1.99. The fraction of sp³-hybridized carbons (Fsp3) is 0.0556. The Labute approximate surface area is 126 Å². The van der Waals surface area contributed by atoms with E-state index >= 15 is 0 Å². The van der Waals surface area contributed by atoms with Crippen molar-refractivity contribution in [1.82, 2.24) is 0 Å². The van der Waals surface area contributed by atoms with E-state index in [1.165, 1.54) is 0 Å². The van der Waals surface area contributed by atoms with Crippen LogP contribution in [0, 0.1) is 6.92 Å². The molecule has 2 heteroatoms. The number of fused-ring (bicyclic) bond motifs is 1. The monoisotopic (exact) mass is 324 g/mol. The average Bonchev–Trinajstić information content (AvgIpc) is 2.49. The van der Waals surface area contributed by atoms with Crippen LogP contribution in [-0.4, -0.2) is 5.78 Å². The van der Waals surface area contributed by atoms with Crippen molar-refractivity contribution in [3.8, 4) is 0 Å². The summed E-state index contributed by atoms with van der Waals surface area (Å²) >= 11 is 3.51. The number of hydrogen-bond donors (Lipinski definition) is 0. The van der Waals surface area contributed by atoms with Crippen molar-refractivity contribution < 1.29 is 4.79 Å². The standard InChI is InChI=1S/C18H13BrO/c1-12-5-4-8-16(17(12)19)18(20)15-10-9-13-6-2-3-7-14(13)11-15/h2-11H,1H3. The van der Waals surface area contributed by atoms with Crippen molar-refractivity contribution in [2.75, 3.05) is 0 Å². The van der Waals surface area contributed by atoms with Crippen LogP contribution in [0.5, 0.6) is 0 Å². The van der Waals surface area contributed by atoms with E-state index in [1.54, 1.807) is 0 Å². The highest BCUT2D eigenvalue weighted by atomic mass is 79.9. The summed E-state index contributed by atoms with van der Waals surface area (Å²) in [7, 11) is 0. The van der Waals surface area contributed by atoms with Gasteiger partial charge in [-0.2, -0.15) is 0 Å². The molecule has 3 aromatic carbocycles. The van der Waals surface area contributed by atoms with Crippen LogP contribution in [0.3, 0.4) is 0 Å². The SMILES string of the molecule is Cc1cccc(C(=O)c2ccc3ccccc3c2)c1Br. The van der Waals surface area contributed by atoms with Gasteiger partial charge < -0.3 is 0 Å². The Hall–Kier alpha value is -1.93. The second-order valence-corrected chi connectivity index (χ2v) is 5.62. The van der Waals surface area contributed by atoms with Gasteiger partial charge in [0.15, 0.2) is 5.78 Å². The van der Waals surface area contributed by atoms with Crippen LogP contribution in [0.1, 0.15) is 21.5 Å². The Kier molecular flexibility index (Phi) is 3.41. The van der Waals surface area contributed by atoms with Gasteiger partial charge in [0, 0.05) is 15.6 Å². The quantitative estimate of drug-likeness (QED) is 0.596. The number of hydrogen-bond acceptors (Lipinski definition) is 1. The van der Waals surface area contributed by atoms with Gasteiger partial charge in [-0.25, -0.2) is 0 Å². The van der Waals surface area contributed by atoms with Crippen LogP contribution >= 0.6 is 15.9 Å². The molecule has 3 rings (SSSR count). The fourth-order valence-electron chi connectivity index (χ4n) is 2.31. The number of rotatable bonds is 2. The minimum atomic E-state index is 0.0475. The van der Waals surface area contributed by atoms with Crippen molar-refractivity contribution in [1.29, 1.82) is 0 Å². The van der Waals surface area contributed by atoms with Gasteiger partial charge in [-0.3, -0.25) is 4.79 Å². The molecule has 0 aromatic heterocycles. The Balaban J connectivity index is 2.10. The van der Waals surface area contributed by atoms with Gasteiger partial charge in [0.25, 0.3) is 0 Å². The van der Waals surface area contributed by atoms with Gasteiger partial charge >= 0.3 is 0 Å². The Morgan fingerprint density at radius 2 is 1.65 bits per heavy atom. The maximum atomic E-state index is 12.6. The van der Waals surface area contributed by atoms with Crippen LogP contribution in [0.15, 0.2) is 65.1 Å². The second-order valence-electron chi connectivity index (χ2n) is 4.83. The summed E-state index contributed by atoms with van der Waals surface area (Å²) in [6.07, 6.45) is 0. The lowest BCUT2D eigenvalue weighted by molar-refractivity contribution is 0.103. The molecule has 0 fully saturated rings. The zero-order valence-corrected chi connectivity index (χ0v) is 12.6. The molecule has 0 heterocycles. The summed E-state index contributed by atoms with van der Waals surface area (Å²) in [4.78, 5) is 12.6. The number of halogens is 1. The first-order valence-corrected chi connectivity index (χ1v) is 7.25. The predicted octanol–water partition coefficient (Wildman–Crippen LogP) is 5.14. The third-order valence-electron chi connectivity index (χ3n) is 3.45. The third kappa shape index (κ3) is 2.27. The van der Waals surface area contributed by atoms with Gasteiger partial charge in [0.2, 0.25) is 0 Å². The summed E-state index contributed by atoms with van der Waals surface area (Å²) in [5.74, 6) is 0.0475. The van der Waals surface area contributed by atoms with Crippen LogP contribution < -0.4 is 0 Å². The number of carbonyl (C=O) groups excluding carboxylic acids is 1. The van der Waals surface area contributed by atoms with Crippen molar-refractivity contribution in [3.05, 3.63) is 81.8 Å². The Bertz CT molecular complexity index is 805. The molecule has 0 aliphatic rings. The first-order valence-electron chi connectivity index (χ1n) is 6.45. The topological polar surface area (TPSA) is 17.1 Å². The van der Waals surface area contributed by atoms with Gasteiger partial charge in [0.1, 0.15) is 0 Å². The number of benzene rings is 3. The highest BCUT2D eigenvalue weighted by Crippen LogP contribution is 2.25. The lowest BCUT2D eigenvalue weighted by atomic mass is 9.99. The molecule has 3 aromatic rings. The molecule has 20 heavy (non-hydrogen) atoms. The van der Waals surface area contributed by atoms with E-state index in [4.69, 9.17) is 0 Å². The molecule has 98 valence electrons. The summed E-state index contributed by atoms with van der Waals surface area (Å²) in [5, 5.41) is 2.23. The van der Waals surface area contributed by atoms with Crippen molar-refractivity contribution in [2.45, 2.75) is 6.92 Å². The molecule has 0 aliphatic heterocycles. The first kappa shape index (κ1) is 13.1. The molecule has 0 radical (unpaired) electrons. The van der Waals surface area contributed by atoms with E-state index in [1.807, 2.05) is 67.6 Å². The molecule has 0 amide bonds. The second kappa shape index (κ2) is 5.22. The van der Waals surface area contributed by atoms with Crippen LogP contribution in [0.4, 0.5) is 0 Å². The van der Waals surface area contributed by atoms with Gasteiger partial charge in [-0.05, 0) is 51.3 Å². The smallest absolute Gasteiger partial charge is 0.194 e. The zero-order valence-electron chi connectivity index (χ0n) is 11.1. The molecule has 0 N–H and O–H groups in total. The predicted molar refractivity (Wildman–Crippen MR) is 86.3 cm³/mol. The summed E-state index contributed by atoms with van der Waals surface area (Å²) < 4.78 is 0.873. The minimum Gasteiger partial charge on any atom is -0.289 e. The maximum absolute atomic E-state index is 12.6. The number of aryl methyl sites for hydroxylation is 1. The van der Waals surface area contributed by atoms with E-state index in [0.29, 0.717) is 5.56 Å². The van der Waals surface area contributed by atoms with Crippen molar-refractivity contribution in [2.24, 2.45) is 0 Å². The number of ketones is 1. The van der Waals surface area contributed by atoms with Crippen LogP contribution in [-0.2, 0) is 0 Å². The van der Waals surface area contributed by atoms with Crippen LogP contribution in [0.2, 0.25) is 0 Å². The highest BCUT2D eigenvalue weighted by molar-refractivity contribution is 9.10. The third-order valence-corrected chi connectivity index (χ3v) is 4.50. The molecular weight excluding hydrogens is 312 g/mol. The molecular formula is C18H13BrO. The Morgan fingerprint density at radius 1 is 0.900 bits per heavy atom. The van der Waals surface area contributed by atoms with Gasteiger partial charge in [-0.1, -0.05) is 48.5 Å². The van der Waals surface area contributed by atoms with E-state index < -0.39 is 0 Å². The number of carbonyl (C=O) groups is 1. The zero-order chi connectivity index (χ0) is 14.1. The normalized spacial score (nSPS) is 10.7. The lowest BCUT2D eigenvalue weighted by Gasteiger charge is -2.07. The molecule has 0 aliphatic carbocycles. The van der Waals surface area contributed by atoms with Crippen molar-refractivity contribution in [3.63, 3.8) is 0 Å². The first-order chi connectivity index (χ1) is 9.66. The fourth-order valence-corrected chi connectivity index (χ4v) is 2.75. The molecule has 0 spiro atoms. The van der Waals surface area contributed by atoms with Gasteiger partial charge in [-0.15, -0.1) is 0 Å². The summed E-state index contributed by atoms with van der Waals surface area (Å²) in [5.41, 5.74) is 2.49. The molecule has 0 atom stereocenters. The largest absolute Gasteiger partial charge is 0.289 e. The molecule has 1 nitrogen and oxygen atoms in total. The molecule has 0 saturated carbocycles. The molecule has 0 bridgehead atoms.